The highest BCUT2D eigenvalue weighted by Gasteiger charge is 2.22. The van der Waals surface area contributed by atoms with E-state index in [1.807, 2.05) is 13.8 Å². The Labute approximate surface area is 97.6 Å². The second-order valence-electron chi connectivity index (χ2n) is 5.57. The Morgan fingerprint density at radius 2 is 2.19 bits per heavy atom. The van der Waals surface area contributed by atoms with Crippen LogP contribution in [0.4, 0.5) is 0 Å². The third kappa shape index (κ3) is 5.47. The van der Waals surface area contributed by atoms with Crippen LogP contribution < -0.4 is 11.1 Å². The van der Waals surface area contributed by atoms with Crippen molar-refractivity contribution in [3.8, 4) is 0 Å². The van der Waals surface area contributed by atoms with Crippen LogP contribution in [0.2, 0.25) is 0 Å². The van der Waals surface area contributed by atoms with Crippen molar-refractivity contribution in [2.24, 2.45) is 5.73 Å². The molecule has 0 bridgehead atoms. The number of nitrogens with one attached hydrogen (secondary N) is 1. The largest absolute Gasteiger partial charge is 0.393 e. The minimum atomic E-state index is -0.288. The fourth-order valence-corrected chi connectivity index (χ4v) is 2.03. The van der Waals surface area contributed by atoms with E-state index in [9.17, 15) is 9.90 Å². The number of carbonyl (C=O) groups is 1. The van der Waals surface area contributed by atoms with Gasteiger partial charge in [0, 0.05) is 18.0 Å². The monoisotopic (exact) mass is 228 g/mol. The van der Waals surface area contributed by atoms with Crippen LogP contribution in [0.5, 0.6) is 0 Å². The van der Waals surface area contributed by atoms with Gasteiger partial charge >= 0.3 is 0 Å². The Hall–Kier alpha value is -0.610. The second-order valence-corrected chi connectivity index (χ2v) is 5.57. The van der Waals surface area contributed by atoms with Gasteiger partial charge in [0.1, 0.15) is 0 Å². The van der Waals surface area contributed by atoms with Gasteiger partial charge in [-0.3, -0.25) is 4.79 Å². The average molecular weight is 228 g/mol. The molecule has 94 valence electrons. The van der Waals surface area contributed by atoms with Crippen LogP contribution in [0.25, 0.3) is 0 Å². The van der Waals surface area contributed by atoms with Crippen molar-refractivity contribution in [3.63, 3.8) is 0 Å². The van der Waals surface area contributed by atoms with E-state index in [2.05, 4.69) is 5.32 Å². The molecule has 4 N–H and O–H groups in total. The minimum absolute atomic E-state index is 0.0534. The van der Waals surface area contributed by atoms with E-state index in [1.54, 1.807) is 0 Å². The first-order valence-electron chi connectivity index (χ1n) is 6.13. The number of aliphatic hydroxyl groups is 1. The number of hydrogen-bond donors (Lipinski definition) is 3. The lowest BCUT2D eigenvalue weighted by Crippen LogP contribution is -2.41. The van der Waals surface area contributed by atoms with Gasteiger partial charge in [-0.2, -0.15) is 0 Å². The third-order valence-corrected chi connectivity index (χ3v) is 3.01. The van der Waals surface area contributed by atoms with Gasteiger partial charge in [0.25, 0.3) is 0 Å². The van der Waals surface area contributed by atoms with Crippen molar-refractivity contribution in [1.82, 2.24) is 5.32 Å². The Bertz CT molecular complexity index is 236. The van der Waals surface area contributed by atoms with E-state index < -0.39 is 0 Å². The van der Waals surface area contributed by atoms with Gasteiger partial charge in [-0.05, 0) is 46.0 Å². The van der Waals surface area contributed by atoms with Crippen LogP contribution in [0.15, 0.2) is 0 Å². The zero-order valence-corrected chi connectivity index (χ0v) is 10.3. The lowest BCUT2D eigenvalue weighted by Gasteiger charge is -2.27. The summed E-state index contributed by atoms with van der Waals surface area (Å²) in [5.74, 6) is 0.0534. The number of hydrogen-bond acceptors (Lipinski definition) is 3. The molecule has 1 amide bonds. The van der Waals surface area contributed by atoms with Crippen molar-refractivity contribution < 1.29 is 9.90 Å². The topological polar surface area (TPSA) is 75.4 Å². The van der Waals surface area contributed by atoms with Gasteiger partial charge in [0.2, 0.25) is 5.91 Å². The van der Waals surface area contributed by atoms with E-state index in [0.717, 1.165) is 19.3 Å². The number of aliphatic hydroxyl groups excluding tert-OH is 1. The fraction of sp³-hybridized carbons (Fsp3) is 0.917. The summed E-state index contributed by atoms with van der Waals surface area (Å²) in [5, 5.41) is 12.4. The predicted octanol–water partition coefficient (Wildman–Crippen LogP) is 0.924. The average Bonchev–Trinajstić information content (AvgIpc) is 2.14. The van der Waals surface area contributed by atoms with Crippen LogP contribution in [-0.4, -0.2) is 28.7 Å². The van der Waals surface area contributed by atoms with Gasteiger partial charge < -0.3 is 16.2 Å². The highest BCUT2D eigenvalue weighted by molar-refractivity contribution is 5.76. The van der Waals surface area contributed by atoms with Gasteiger partial charge in [-0.25, -0.2) is 0 Å². The summed E-state index contributed by atoms with van der Waals surface area (Å²) < 4.78 is 0. The highest BCUT2D eigenvalue weighted by atomic mass is 16.3. The zero-order chi connectivity index (χ0) is 12.2. The molecule has 2 unspecified atom stereocenters. The predicted molar refractivity (Wildman–Crippen MR) is 63.9 cm³/mol. The lowest BCUT2D eigenvalue weighted by molar-refractivity contribution is -0.122. The first kappa shape index (κ1) is 13.5. The molecule has 0 spiro atoms. The smallest absolute Gasteiger partial charge is 0.220 e. The summed E-state index contributed by atoms with van der Waals surface area (Å²) >= 11 is 0. The first-order valence-corrected chi connectivity index (χ1v) is 6.13. The lowest BCUT2D eigenvalue weighted by atomic mass is 9.92. The van der Waals surface area contributed by atoms with Crippen LogP contribution in [0.3, 0.4) is 0 Å². The molecule has 0 radical (unpaired) electrons. The molecule has 4 nitrogen and oxygen atoms in total. The molecule has 1 aliphatic carbocycles. The van der Waals surface area contributed by atoms with E-state index in [-0.39, 0.29) is 23.6 Å². The maximum Gasteiger partial charge on any atom is 0.220 e. The molecule has 4 heteroatoms. The molecule has 1 saturated carbocycles. The SMILES string of the molecule is CC(C)(N)CCC(=O)NC1CCCC(O)C1. The summed E-state index contributed by atoms with van der Waals surface area (Å²) in [6, 6.07) is 0.150. The Morgan fingerprint density at radius 1 is 1.50 bits per heavy atom. The summed E-state index contributed by atoms with van der Waals surface area (Å²) in [6.07, 6.45) is 4.44. The molecule has 0 aromatic heterocycles. The number of amides is 1. The maximum absolute atomic E-state index is 11.6. The summed E-state index contributed by atoms with van der Waals surface area (Å²) in [5.41, 5.74) is 5.53. The molecule has 1 aliphatic rings. The van der Waals surface area contributed by atoms with Crippen LogP contribution >= 0.6 is 0 Å². The van der Waals surface area contributed by atoms with Crippen LogP contribution in [-0.2, 0) is 4.79 Å². The number of nitrogens with two attached hydrogens (primary N) is 1. The molecule has 0 aliphatic heterocycles. The van der Waals surface area contributed by atoms with Crippen molar-refractivity contribution in [3.05, 3.63) is 0 Å². The number of rotatable bonds is 4. The molecule has 0 heterocycles. The molecule has 1 rings (SSSR count). The number of carbonyl (C=O) groups excluding carboxylic acids is 1. The highest BCUT2D eigenvalue weighted by Crippen LogP contribution is 2.18. The molecule has 1 fully saturated rings. The third-order valence-electron chi connectivity index (χ3n) is 3.01. The van der Waals surface area contributed by atoms with Crippen molar-refractivity contribution in [2.45, 2.75) is 70.1 Å². The van der Waals surface area contributed by atoms with Crippen LogP contribution in [0, 0.1) is 0 Å². The van der Waals surface area contributed by atoms with Crippen molar-refractivity contribution >= 4 is 5.91 Å². The Morgan fingerprint density at radius 3 is 2.75 bits per heavy atom. The van der Waals surface area contributed by atoms with E-state index >= 15 is 0 Å². The Kier molecular flexibility index (Phi) is 4.74. The van der Waals surface area contributed by atoms with E-state index in [4.69, 9.17) is 5.73 Å². The molecule has 0 aromatic carbocycles. The first-order chi connectivity index (χ1) is 7.37. The van der Waals surface area contributed by atoms with Gasteiger partial charge in [0.05, 0.1) is 6.10 Å². The molecular weight excluding hydrogens is 204 g/mol. The normalized spacial score (nSPS) is 26.5. The van der Waals surface area contributed by atoms with Crippen LogP contribution in [0.1, 0.15) is 52.4 Å². The quantitative estimate of drug-likeness (QED) is 0.670. The molecule has 16 heavy (non-hydrogen) atoms. The van der Waals surface area contributed by atoms with Crippen molar-refractivity contribution in [1.29, 1.82) is 0 Å². The molecular formula is C12H24N2O2. The molecule has 2 atom stereocenters. The summed E-state index contributed by atoms with van der Waals surface area (Å²) in [7, 11) is 0. The van der Waals surface area contributed by atoms with E-state index in [0.29, 0.717) is 19.3 Å². The summed E-state index contributed by atoms with van der Waals surface area (Å²) in [4.78, 5) is 11.6. The second kappa shape index (κ2) is 5.64. The standard InChI is InChI=1S/C12H24N2O2/c1-12(2,13)7-6-11(16)14-9-4-3-5-10(15)8-9/h9-10,15H,3-8,13H2,1-2H3,(H,14,16). The van der Waals surface area contributed by atoms with Gasteiger partial charge in [-0.1, -0.05) is 0 Å². The van der Waals surface area contributed by atoms with Gasteiger partial charge in [-0.15, -0.1) is 0 Å². The minimum Gasteiger partial charge on any atom is -0.393 e. The Balaban J connectivity index is 2.23. The zero-order valence-electron chi connectivity index (χ0n) is 10.3. The molecule has 0 saturated heterocycles. The fourth-order valence-electron chi connectivity index (χ4n) is 2.03. The van der Waals surface area contributed by atoms with Gasteiger partial charge in [0.15, 0.2) is 0 Å². The van der Waals surface area contributed by atoms with E-state index in [1.165, 1.54) is 0 Å². The van der Waals surface area contributed by atoms with Crippen molar-refractivity contribution in [2.75, 3.05) is 0 Å². The molecule has 0 aromatic rings. The summed E-state index contributed by atoms with van der Waals surface area (Å²) in [6.45, 7) is 3.84. The maximum atomic E-state index is 11.6.